The third-order valence-electron chi connectivity index (χ3n) is 3.06. The van der Waals surface area contributed by atoms with E-state index in [-0.39, 0.29) is 10.9 Å². The average molecular weight is 372 g/mol. The van der Waals surface area contributed by atoms with Crippen LogP contribution in [0.5, 0.6) is 0 Å². The molecule has 1 unspecified atom stereocenters. The van der Waals surface area contributed by atoms with Crippen LogP contribution in [-0.4, -0.2) is 5.91 Å². The van der Waals surface area contributed by atoms with Crippen molar-refractivity contribution in [2.45, 2.75) is 12.8 Å². The van der Waals surface area contributed by atoms with Crippen molar-refractivity contribution in [3.63, 3.8) is 0 Å². The van der Waals surface area contributed by atoms with Gasteiger partial charge in [-0.2, -0.15) is 0 Å². The number of benzene rings is 2. The number of rotatable bonds is 3. The van der Waals surface area contributed by atoms with E-state index in [2.05, 4.69) is 21.2 Å². The Morgan fingerprint density at radius 3 is 2.71 bits per heavy atom. The minimum Gasteiger partial charge on any atom is -0.399 e. The van der Waals surface area contributed by atoms with Crippen molar-refractivity contribution in [3.05, 3.63) is 57.3 Å². The zero-order valence-electron chi connectivity index (χ0n) is 11.2. The number of hydrogen-bond acceptors (Lipinski definition) is 2. The molecule has 2 rings (SSSR count). The molecule has 0 saturated carbocycles. The molecule has 0 fully saturated rings. The van der Waals surface area contributed by atoms with Gasteiger partial charge in [-0.05, 0) is 52.7 Å². The van der Waals surface area contributed by atoms with E-state index in [9.17, 15) is 9.18 Å². The molecule has 0 heterocycles. The van der Waals surface area contributed by atoms with E-state index in [1.165, 1.54) is 6.07 Å². The number of nitrogens with one attached hydrogen (secondary N) is 1. The number of carbonyl (C=O) groups is 1. The van der Waals surface area contributed by atoms with Gasteiger partial charge in [0.05, 0.1) is 16.6 Å². The minimum atomic E-state index is -0.478. The van der Waals surface area contributed by atoms with Crippen molar-refractivity contribution in [2.75, 3.05) is 11.1 Å². The maximum atomic E-state index is 13.2. The highest BCUT2D eigenvalue weighted by Crippen LogP contribution is 2.32. The zero-order chi connectivity index (χ0) is 15.6. The molecule has 0 aliphatic carbocycles. The van der Waals surface area contributed by atoms with Crippen LogP contribution < -0.4 is 11.1 Å². The van der Waals surface area contributed by atoms with Gasteiger partial charge in [0.25, 0.3) is 0 Å². The number of amides is 1. The van der Waals surface area contributed by atoms with Gasteiger partial charge in [0.2, 0.25) is 5.91 Å². The van der Waals surface area contributed by atoms with Gasteiger partial charge in [-0.3, -0.25) is 4.79 Å². The molecule has 3 nitrogen and oxygen atoms in total. The topological polar surface area (TPSA) is 55.1 Å². The molecule has 0 aliphatic rings. The second-order valence-electron chi connectivity index (χ2n) is 4.63. The fraction of sp³-hybridized carbons (Fsp3) is 0.133. The molecule has 1 amide bonds. The molecule has 21 heavy (non-hydrogen) atoms. The monoisotopic (exact) mass is 370 g/mol. The normalized spacial score (nSPS) is 12.0. The first-order chi connectivity index (χ1) is 9.88. The number of carbonyl (C=O) groups excluding carboxylic acids is 1. The van der Waals surface area contributed by atoms with Gasteiger partial charge in [-0.15, -0.1) is 0 Å². The smallest absolute Gasteiger partial charge is 0.231 e. The maximum Gasteiger partial charge on any atom is 0.231 e. The Bertz CT molecular complexity index is 670. The highest BCUT2D eigenvalue weighted by Gasteiger charge is 2.18. The second kappa shape index (κ2) is 6.45. The lowest BCUT2D eigenvalue weighted by molar-refractivity contribution is -0.117. The van der Waals surface area contributed by atoms with Crippen molar-refractivity contribution >= 4 is 44.8 Å². The molecule has 0 bridgehead atoms. The second-order valence-corrected chi connectivity index (χ2v) is 5.89. The SMILES string of the molecule is CC(C(=O)Nc1c(Cl)cc(F)cc1Br)c1cccc(N)c1. The summed E-state index contributed by atoms with van der Waals surface area (Å²) in [6, 6.07) is 9.49. The summed E-state index contributed by atoms with van der Waals surface area (Å²) in [7, 11) is 0. The van der Waals surface area contributed by atoms with E-state index < -0.39 is 11.7 Å². The standard InChI is InChI=1S/C15H13BrClFN2O/c1-8(9-3-2-4-11(19)5-9)15(21)20-14-12(16)6-10(18)7-13(14)17/h2-8H,19H2,1H3,(H,20,21). The van der Waals surface area contributed by atoms with Crippen molar-refractivity contribution < 1.29 is 9.18 Å². The summed E-state index contributed by atoms with van der Waals surface area (Å²) in [6.07, 6.45) is 0. The van der Waals surface area contributed by atoms with Crippen LogP contribution in [0.4, 0.5) is 15.8 Å². The molecular formula is C15H13BrClFN2O. The lowest BCUT2D eigenvalue weighted by Crippen LogP contribution is -2.19. The Labute approximate surface area is 135 Å². The number of anilines is 2. The Kier molecular flexibility index (Phi) is 4.85. The average Bonchev–Trinajstić information content (AvgIpc) is 2.41. The summed E-state index contributed by atoms with van der Waals surface area (Å²) < 4.78 is 13.6. The van der Waals surface area contributed by atoms with Gasteiger partial charge >= 0.3 is 0 Å². The fourth-order valence-corrected chi connectivity index (χ4v) is 2.77. The molecule has 3 N–H and O–H groups in total. The van der Waals surface area contributed by atoms with Gasteiger partial charge in [-0.25, -0.2) is 4.39 Å². The molecule has 0 spiro atoms. The molecule has 0 radical (unpaired) electrons. The molecular weight excluding hydrogens is 359 g/mol. The Hall–Kier alpha value is -1.59. The van der Waals surface area contributed by atoms with E-state index in [0.717, 1.165) is 11.6 Å². The van der Waals surface area contributed by atoms with Crippen LogP contribution in [0.1, 0.15) is 18.4 Å². The van der Waals surface area contributed by atoms with Crippen molar-refractivity contribution in [1.29, 1.82) is 0 Å². The molecule has 2 aromatic rings. The van der Waals surface area contributed by atoms with E-state index >= 15 is 0 Å². The number of nitrogen functional groups attached to an aromatic ring is 1. The Balaban J connectivity index is 2.22. The van der Waals surface area contributed by atoms with Crippen molar-refractivity contribution in [2.24, 2.45) is 0 Å². The maximum absolute atomic E-state index is 13.2. The summed E-state index contributed by atoms with van der Waals surface area (Å²) in [6.45, 7) is 1.76. The predicted octanol–water partition coefficient (Wildman–Crippen LogP) is 4.57. The van der Waals surface area contributed by atoms with E-state index in [1.54, 1.807) is 25.1 Å². The van der Waals surface area contributed by atoms with Gasteiger partial charge in [0, 0.05) is 10.2 Å². The van der Waals surface area contributed by atoms with Crippen LogP contribution in [0.2, 0.25) is 5.02 Å². The van der Waals surface area contributed by atoms with Gasteiger partial charge in [-0.1, -0.05) is 23.7 Å². The summed E-state index contributed by atoms with van der Waals surface area (Å²) in [5, 5.41) is 2.83. The predicted molar refractivity (Wildman–Crippen MR) is 87.0 cm³/mol. The molecule has 0 aliphatic heterocycles. The number of hydrogen-bond donors (Lipinski definition) is 2. The number of nitrogens with two attached hydrogens (primary N) is 1. The molecule has 1 atom stereocenters. The lowest BCUT2D eigenvalue weighted by atomic mass is 10.00. The number of halogens is 3. The van der Waals surface area contributed by atoms with Gasteiger partial charge in [0.15, 0.2) is 0 Å². The first-order valence-electron chi connectivity index (χ1n) is 6.19. The molecule has 110 valence electrons. The van der Waals surface area contributed by atoms with Crippen LogP contribution in [0, 0.1) is 5.82 Å². The van der Waals surface area contributed by atoms with Crippen LogP contribution in [0.15, 0.2) is 40.9 Å². The summed E-state index contributed by atoms with van der Waals surface area (Å²) in [4.78, 5) is 12.3. The zero-order valence-corrected chi connectivity index (χ0v) is 13.5. The lowest BCUT2D eigenvalue weighted by Gasteiger charge is -2.15. The van der Waals surface area contributed by atoms with E-state index in [4.69, 9.17) is 17.3 Å². The molecule has 0 saturated heterocycles. The fourth-order valence-electron chi connectivity index (χ4n) is 1.87. The highest BCUT2D eigenvalue weighted by molar-refractivity contribution is 9.10. The first kappa shape index (κ1) is 15.8. The van der Waals surface area contributed by atoms with E-state index in [1.807, 2.05) is 6.07 Å². The third kappa shape index (κ3) is 3.74. The Morgan fingerprint density at radius 2 is 2.10 bits per heavy atom. The first-order valence-corrected chi connectivity index (χ1v) is 7.36. The summed E-state index contributed by atoms with van der Waals surface area (Å²) in [5.74, 6) is -1.15. The quantitative estimate of drug-likeness (QED) is 0.777. The minimum absolute atomic E-state index is 0.134. The van der Waals surface area contributed by atoms with Crippen LogP contribution in [-0.2, 0) is 4.79 Å². The molecule has 2 aromatic carbocycles. The van der Waals surface area contributed by atoms with Gasteiger partial charge < -0.3 is 11.1 Å². The summed E-state index contributed by atoms with van der Waals surface area (Å²) in [5.41, 5.74) is 7.44. The molecule has 0 aromatic heterocycles. The van der Waals surface area contributed by atoms with Gasteiger partial charge in [0.1, 0.15) is 5.82 Å². The third-order valence-corrected chi connectivity index (χ3v) is 3.98. The van der Waals surface area contributed by atoms with Crippen LogP contribution in [0.3, 0.4) is 0 Å². The van der Waals surface area contributed by atoms with Crippen molar-refractivity contribution in [1.82, 2.24) is 0 Å². The highest BCUT2D eigenvalue weighted by atomic mass is 79.9. The van der Waals surface area contributed by atoms with E-state index in [0.29, 0.717) is 15.8 Å². The van der Waals surface area contributed by atoms with Crippen LogP contribution in [0.25, 0.3) is 0 Å². The summed E-state index contributed by atoms with van der Waals surface area (Å²) >= 11 is 9.13. The largest absolute Gasteiger partial charge is 0.399 e. The Morgan fingerprint density at radius 1 is 1.38 bits per heavy atom. The van der Waals surface area contributed by atoms with Crippen LogP contribution >= 0.6 is 27.5 Å². The molecule has 6 heteroatoms. The van der Waals surface area contributed by atoms with Crippen molar-refractivity contribution in [3.8, 4) is 0 Å².